The average molecular weight is 287 g/mol. The van der Waals surface area contributed by atoms with E-state index in [9.17, 15) is 9.59 Å². The number of hydrogen-bond donors (Lipinski definition) is 0. The fraction of sp³-hybridized carbons (Fsp3) is 0.267. The van der Waals surface area contributed by atoms with Crippen molar-refractivity contribution in [2.24, 2.45) is 7.05 Å². The second kappa shape index (κ2) is 6.21. The van der Waals surface area contributed by atoms with E-state index in [0.29, 0.717) is 17.7 Å². The van der Waals surface area contributed by atoms with E-state index in [0.717, 1.165) is 5.69 Å². The van der Waals surface area contributed by atoms with E-state index in [-0.39, 0.29) is 5.91 Å². The van der Waals surface area contributed by atoms with Crippen molar-refractivity contribution in [3.8, 4) is 0 Å². The van der Waals surface area contributed by atoms with Crippen molar-refractivity contribution in [1.29, 1.82) is 0 Å². The molecule has 1 amide bonds. The Bertz CT molecular complexity index is 646. The van der Waals surface area contributed by atoms with Crippen molar-refractivity contribution in [2.75, 3.05) is 14.2 Å². The molecule has 2 aromatic rings. The monoisotopic (exact) mass is 287 g/mol. The molecule has 21 heavy (non-hydrogen) atoms. The molecule has 0 radical (unpaired) electrons. The summed E-state index contributed by atoms with van der Waals surface area (Å²) in [5.41, 5.74) is 1.75. The molecule has 0 saturated heterocycles. The fourth-order valence-corrected chi connectivity index (χ4v) is 1.95. The number of rotatable bonds is 4. The predicted octanol–water partition coefficient (Wildman–Crippen LogP) is 1.48. The van der Waals surface area contributed by atoms with E-state index in [2.05, 4.69) is 9.84 Å². The van der Waals surface area contributed by atoms with Crippen LogP contribution in [0.4, 0.5) is 0 Å². The molecule has 0 bridgehead atoms. The lowest BCUT2D eigenvalue weighted by atomic mass is 10.1. The van der Waals surface area contributed by atoms with Crippen LogP contribution in [0.2, 0.25) is 0 Å². The zero-order chi connectivity index (χ0) is 15.4. The van der Waals surface area contributed by atoms with Gasteiger partial charge in [-0.15, -0.1) is 0 Å². The zero-order valence-corrected chi connectivity index (χ0v) is 12.2. The molecule has 0 N–H and O–H groups in total. The van der Waals surface area contributed by atoms with Gasteiger partial charge in [-0.25, -0.2) is 4.79 Å². The second-order valence-corrected chi connectivity index (χ2v) is 4.71. The third-order valence-electron chi connectivity index (χ3n) is 3.07. The third kappa shape index (κ3) is 3.47. The van der Waals surface area contributed by atoms with Gasteiger partial charge in [-0.2, -0.15) is 5.10 Å². The van der Waals surface area contributed by atoms with Gasteiger partial charge < -0.3 is 9.64 Å². The molecule has 0 saturated carbocycles. The molecule has 0 unspecified atom stereocenters. The average Bonchev–Trinajstić information content (AvgIpc) is 2.90. The summed E-state index contributed by atoms with van der Waals surface area (Å²) in [6.45, 7) is 0.429. The maximum atomic E-state index is 12.3. The Morgan fingerprint density at radius 3 is 2.33 bits per heavy atom. The van der Waals surface area contributed by atoms with Crippen LogP contribution < -0.4 is 0 Å². The smallest absolute Gasteiger partial charge is 0.337 e. The van der Waals surface area contributed by atoms with Crippen LogP contribution >= 0.6 is 0 Å². The maximum absolute atomic E-state index is 12.3. The van der Waals surface area contributed by atoms with Crippen LogP contribution in [0.5, 0.6) is 0 Å². The summed E-state index contributed by atoms with van der Waals surface area (Å²) in [7, 11) is 4.87. The van der Waals surface area contributed by atoms with Gasteiger partial charge in [-0.05, 0) is 30.3 Å². The molecule has 0 spiro atoms. The number of aryl methyl sites for hydroxylation is 1. The minimum atomic E-state index is -0.421. The van der Waals surface area contributed by atoms with Gasteiger partial charge in [0.1, 0.15) is 0 Å². The standard InChI is InChI=1S/C15H17N3O3/c1-17(10-13-8-9-18(2)16-13)14(19)11-4-6-12(7-5-11)15(20)21-3/h4-9H,10H2,1-3H3. The molecule has 0 aliphatic heterocycles. The highest BCUT2D eigenvalue weighted by molar-refractivity contribution is 5.96. The highest BCUT2D eigenvalue weighted by Gasteiger charge is 2.14. The molecule has 0 aliphatic rings. The highest BCUT2D eigenvalue weighted by atomic mass is 16.5. The first kappa shape index (κ1) is 14.8. The largest absolute Gasteiger partial charge is 0.465 e. The predicted molar refractivity (Wildman–Crippen MR) is 76.8 cm³/mol. The Morgan fingerprint density at radius 1 is 1.19 bits per heavy atom. The number of esters is 1. The minimum Gasteiger partial charge on any atom is -0.465 e. The number of amides is 1. The number of nitrogens with zero attached hydrogens (tertiary/aromatic N) is 3. The lowest BCUT2D eigenvalue weighted by molar-refractivity contribution is 0.0600. The van der Waals surface area contributed by atoms with Crippen LogP contribution in [-0.2, 0) is 18.3 Å². The number of carbonyl (C=O) groups is 2. The maximum Gasteiger partial charge on any atom is 0.337 e. The van der Waals surface area contributed by atoms with E-state index in [1.54, 1.807) is 40.9 Å². The first-order valence-corrected chi connectivity index (χ1v) is 6.43. The number of benzene rings is 1. The molecule has 0 atom stereocenters. The van der Waals surface area contributed by atoms with Crippen molar-refractivity contribution in [3.63, 3.8) is 0 Å². The van der Waals surface area contributed by atoms with Crippen LogP contribution in [0.3, 0.4) is 0 Å². The second-order valence-electron chi connectivity index (χ2n) is 4.71. The van der Waals surface area contributed by atoms with Crippen LogP contribution in [0.25, 0.3) is 0 Å². The van der Waals surface area contributed by atoms with Gasteiger partial charge in [0, 0.05) is 25.9 Å². The van der Waals surface area contributed by atoms with Gasteiger partial charge in [0.05, 0.1) is 24.9 Å². The minimum absolute atomic E-state index is 0.128. The quantitative estimate of drug-likeness (QED) is 0.799. The van der Waals surface area contributed by atoms with Gasteiger partial charge in [-0.3, -0.25) is 9.48 Å². The summed E-state index contributed by atoms with van der Waals surface area (Å²) in [6.07, 6.45) is 1.83. The van der Waals surface area contributed by atoms with E-state index in [1.807, 2.05) is 19.3 Å². The topological polar surface area (TPSA) is 64.4 Å². The van der Waals surface area contributed by atoms with Crippen molar-refractivity contribution >= 4 is 11.9 Å². The van der Waals surface area contributed by atoms with E-state index in [1.165, 1.54) is 7.11 Å². The van der Waals surface area contributed by atoms with Crippen LogP contribution in [0.1, 0.15) is 26.4 Å². The number of ether oxygens (including phenoxy) is 1. The van der Waals surface area contributed by atoms with E-state index >= 15 is 0 Å². The van der Waals surface area contributed by atoms with Gasteiger partial charge in [0.15, 0.2) is 0 Å². The Balaban J connectivity index is 2.06. The van der Waals surface area contributed by atoms with Crippen molar-refractivity contribution in [1.82, 2.24) is 14.7 Å². The van der Waals surface area contributed by atoms with Gasteiger partial charge in [0.2, 0.25) is 0 Å². The van der Waals surface area contributed by atoms with Crippen molar-refractivity contribution < 1.29 is 14.3 Å². The molecule has 6 heteroatoms. The molecule has 110 valence electrons. The van der Waals surface area contributed by atoms with Crippen LogP contribution in [0.15, 0.2) is 36.5 Å². The number of aromatic nitrogens is 2. The molecule has 2 rings (SSSR count). The molecule has 1 aromatic heterocycles. The number of carbonyl (C=O) groups excluding carboxylic acids is 2. The summed E-state index contributed by atoms with van der Waals surface area (Å²) in [4.78, 5) is 25.2. The third-order valence-corrected chi connectivity index (χ3v) is 3.07. The van der Waals surface area contributed by atoms with Crippen LogP contribution in [0, 0.1) is 0 Å². The highest BCUT2D eigenvalue weighted by Crippen LogP contribution is 2.10. The summed E-state index contributed by atoms with van der Waals surface area (Å²) in [5.74, 6) is -0.548. The summed E-state index contributed by atoms with van der Waals surface area (Å²) < 4.78 is 6.31. The zero-order valence-electron chi connectivity index (χ0n) is 12.2. The summed E-state index contributed by atoms with van der Waals surface area (Å²) >= 11 is 0. The number of methoxy groups -OCH3 is 1. The van der Waals surface area contributed by atoms with Gasteiger partial charge in [-0.1, -0.05) is 0 Å². The summed E-state index contributed by atoms with van der Waals surface area (Å²) in [6, 6.07) is 8.25. The Hall–Kier alpha value is -2.63. The summed E-state index contributed by atoms with van der Waals surface area (Å²) in [5, 5.41) is 4.24. The molecular formula is C15H17N3O3. The molecule has 1 heterocycles. The Kier molecular flexibility index (Phi) is 4.37. The van der Waals surface area contributed by atoms with Crippen molar-refractivity contribution in [2.45, 2.75) is 6.54 Å². The lowest BCUT2D eigenvalue weighted by Gasteiger charge is -2.16. The molecule has 6 nitrogen and oxygen atoms in total. The molecular weight excluding hydrogens is 270 g/mol. The van der Waals surface area contributed by atoms with Gasteiger partial charge >= 0.3 is 5.97 Å². The van der Waals surface area contributed by atoms with E-state index < -0.39 is 5.97 Å². The Labute approximate surface area is 122 Å². The first-order chi connectivity index (χ1) is 10.0. The van der Waals surface area contributed by atoms with Crippen LogP contribution in [-0.4, -0.2) is 40.7 Å². The SMILES string of the molecule is COC(=O)c1ccc(C(=O)N(C)Cc2ccn(C)n2)cc1. The van der Waals surface area contributed by atoms with E-state index in [4.69, 9.17) is 0 Å². The first-order valence-electron chi connectivity index (χ1n) is 6.43. The fourth-order valence-electron chi connectivity index (χ4n) is 1.95. The molecule has 0 aliphatic carbocycles. The Morgan fingerprint density at radius 2 is 1.81 bits per heavy atom. The van der Waals surface area contributed by atoms with Gasteiger partial charge in [0.25, 0.3) is 5.91 Å². The normalized spacial score (nSPS) is 10.2. The lowest BCUT2D eigenvalue weighted by Crippen LogP contribution is -2.26. The number of hydrogen-bond acceptors (Lipinski definition) is 4. The molecule has 1 aromatic carbocycles. The van der Waals surface area contributed by atoms with Crippen molar-refractivity contribution in [3.05, 3.63) is 53.3 Å². The molecule has 0 fully saturated rings.